The number of imide groups is 1. The Morgan fingerprint density at radius 2 is 1.96 bits per heavy atom. The zero-order chi connectivity index (χ0) is 19.4. The van der Waals surface area contributed by atoms with E-state index in [1.165, 1.54) is 30.5 Å². The van der Waals surface area contributed by atoms with Crippen molar-refractivity contribution in [2.75, 3.05) is 13.1 Å². The van der Waals surface area contributed by atoms with E-state index < -0.39 is 11.1 Å². The van der Waals surface area contributed by atoms with Crippen molar-refractivity contribution in [2.45, 2.75) is 6.92 Å². The SMILES string of the molecule is Cc1ccc(C(=O)NCCN2C(=O)S/C(=C\c3ccc(F)cc3)C2=O)cn1. The van der Waals surface area contributed by atoms with Gasteiger partial charge in [-0.1, -0.05) is 12.1 Å². The van der Waals surface area contributed by atoms with Gasteiger partial charge in [0.1, 0.15) is 5.82 Å². The summed E-state index contributed by atoms with van der Waals surface area (Å²) < 4.78 is 13.0. The zero-order valence-corrected chi connectivity index (χ0v) is 15.3. The number of pyridine rings is 1. The van der Waals surface area contributed by atoms with E-state index in [0.717, 1.165) is 22.4 Å². The molecule has 3 rings (SSSR count). The summed E-state index contributed by atoms with van der Waals surface area (Å²) in [7, 11) is 0. The van der Waals surface area contributed by atoms with Gasteiger partial charge in [-0.15, -0.1) is 0 Å². The summed E-state index contributed by atoms with van der Waals surface area (Å²) in [5.74, 6) is -1.13. The Kier molecular flexibility index (Phi) is 5.66. The Balaban J connectivity index is 1.58. The molecule has 0 aliphatic carbocycles. The number of aryl methyl sites for hydroxylation is 1. The first-order valence-corrected chi connectivity index (χ1v) is 8.97. The van der Waals surface area contributed by atoms with Gasteiger partial charge in [0.2, 0.25) is 0 Å². The lowest BCUT2D eigenvalue weighted by atomic mass is 10.2. The van der Waals surface area contributed by atoms with E-state index in [9.17, 15) is 18.8 Å². The van der Waals surface area contributed by atoms with Crippen molar-refractivity contribution in [1.82, 2.24) is 15.2 Å². The highest BCUT2D eigenvalue weighted by Gasteiger charge is 2.34. The number of halogens is 1. The molecule has 6 nitrogen and oxygen atoms in total. The van der Waals surface area contributed by atoms with E-state index in [1.807, 2.05) is 6.92 Å². The number of nitrogens with one attached hydrogen (secondary N) is 1. The third-order valence-corrected chi connectivity index (χ3v) is 4.74. The number of hydrogen-bond acceptors (Lipinski definition) is 5. The predicted molar refractivity (Wildman–Crippen MR) is 100 cm³/mol. The molecule has 1 aromatic heterocycles. The average molecular weight is 385 g/mol. The molecule has 1 aliphatic rings. The van der Waals surface area contributed by atoms with Crippen molar-refractivity contribution in [1.29, 1.82) is 0 Å². The van der Waals surface area contributed by atoms with Gasteiger partial charge in [0.15, 0.2) is 0 Å². The van der Waals surface area contributed by atoms with Crippen LogP contribution in [-0.4, -0.2) is 40.0 Å². The Labute approximate surface area is 159 Å². The van der Waals surface area contributed by atoms with Gasteiger partial charge in [-0.3, -0.25) is 24.3 Å². The van der Waals surface area contributed by atoms with Crippen LogP contribution >= 0.6 is 11.8 Å². The van der Waals surface area contributed by atoms with Crippen molar-refractivity contribution in [3.05, 3.63) is 70.1 Å². The normalized spacial score (nSPS) is 15.5. The molecule has 0 bridgehead atoms. The summed E-state index contributed by atoms with van der Waals surface area (Å²) in [4.78, 5) is 41.9. The minimum atomic E-state index is -0.430. The first kappa shape index (κ1) is 18.8. The fourth-order valence-electron chi connectivity index (χ4n) is 2.39. The number of carbonyl (C=O) groups excluding carboxylic acids is 3. The van der Waals surface area contributed by atoms with Gasteiger partial charge in [0, 0.05) is 25.0 Å². The van der Waals surface area contributed by atoms with E-state index in [1.54, 1.807) is 18.2 Å². The van der Waals surface area contributed by atoms with Gasteiger partial charge >= 0.3 is 0 Å². The lowest BCUT2D eigenvalue weighted by Crippen LogP contribution is -2.37. The summed E-state index contributed by atoms with van der Waals surface area (Å²) in [6.45, 7) is 2.02. The van der Waals surface area contributed by atoms with E-state index in [-0.39, 0.29) is 29.7 Å². The monoisotopic (exact) mass is 385 g/mol. The van der Waals surface area contributed by atoms with E-state index in [4.69, 9.17) is 0 Å². The Morgan fingerprint density at radius 1 is 1.22 bits per heavy atom. The maximum Gasteiger partial charge on any atom is 0.293 e. The molecule has 1 aromatic carbocycles. The molecule has 1 saturated heterocycles. The van der Waals surface area contributed by atoms with Gasteiger partial charge in [-0.25, -0.2) is 4.39 Å². The molecule has 2 heterocycles. The third-order valence-electron chi connectivity index (χ3n) is 3.84. The van der Waals surface area contributed by atoms with Crippen molar-refractivity contribution in [2.24, 2.45) is 0 Å². The molecule has 1 fully saturated rings. The molecular formula is C19H16FN3O3S. The van der Waals surface area contributed by atoms with Gasteiger partial charge in [0.05, 0.1) is 10.5 Å². The summed E-state index contributed by atoms with van der Waals surface area (Å²) in [6, 6.07) is 9.00. The highest BCUT2D eigenvalue weighted by molar-refractivity contribution is 8.18. The second kappa shape index (κ2) is 8.13. The van der Waals surface area contributed by atoms with Gasteiger partial charge in [0.25, 0.3) is 17.1 Å². The molecule has 138 valence electrons. The van der Waals surface area contributed by atoms with Gasteiger partial charge < -0.3 is 5.32 Å². The number of benzene rings is 1. The smallest absolute Gasteiger partial charge is 0.293 e. The summed E-state index contributed by atoms with van der Waals surface area (Å²) in [6.07, 6.45) is 3.01. The molecule has 1 N–H and O–H groups in total. The number of thioether (sulfide) groups is 1. The number of hydrogen-bond donors (Lipinski definition) is 1. The number of rotatable bonds is 5. The summed E-state index contributed by atoms with van der Waals surface area (Å²) >= 11 is 0.820. The number of amides is 3. The van der Waals surface area contributed by atoms with Gasteiger partial charge in [-0.2, -0.15) is 0 Å². The van der Waals surface area contributed by atoms with Crippen LogP contribution in [0.2, 0.25) is 0 Å². The molecule has 0 spiro atoms. The predicted octanol–water partition coefficient (Wildman–Crippen LogP) is 3.00. The maximum atomic E-state index is 13.0. The van der Waals surface area contributed by atoms with E-state index in [2.05, 4.69) is 10.3 Å². The Morgan fingerprint density at radius 3 is 2.63 bits per heavy atom. The average Bonchev–Trinajstić information content (AvgIpc) is 2.91. The first-order chi connectivity index (χ1) is 12.9. The van der Waals surface area contributed by atoms with Crippen LogP contribution in [0.25, 0.3) is 6.08 Å². The second-order valence-corrected chi connectivity index (χ2v) is 6.82. The largest absolute Gasteiger partial charge is 0.350 e. The van der Waals surface area contributed by atoms with E-state index >= 15 is 0 Å². The number of nitrogens with zero attached hydrogens (tertiary/aromatic N) is 2. The van der Waals surface area contributed by atoms with Crippen molar-refractivity contribution in [3.63, 3.8) is 0 Å². The van der Waals surface area contributed by atoms with Crippen molar-refractivity contribution >= 4 is 34.9 Å². The molecular weight excluding hydrogens is 369 g/mol. The number of aromatic nitrogens is 1. The highest BCUT2D eigenvalue weighted by Crippen LogP contribution is 2.31. The lowest BCUT2D eigenvalue weighted by Gasteiger charge is -2.13. The first-order valence-electron chi connectivity index (χ1n) is 8.16. The quantitative estimate of drug-likeness (QED) is 0.801. The molecule has 0 unspecified atom stereocenters. The van der Waals surface area contributed by atoms with Crippen LogP contribution in [0, 0.1) is 12.7 Å². The fourth-order valence-corrected chi connectivity index (χ4v) is 3.25. The molecule has 0 saturated carbocycles. The highest BCUT2D eigenvalue weighted by atomic mass is 32.2. The van der Waals surface area contributed by atoms with Crippen LogP contribution in [0.5, 0.6) is 0 Å². The molecule has 0 radical (unpaired) electrons. The minimum Gasteiger partial charge on any atom is -0.350 e. The number of carbonyl (C=O) groups is 3. The van der Waals surface area contributed by atoms with Crippen LogP contribution in [0.1, 0.15) is 21.6 Å². The summed E-state index contributed by atoms with van der Waals surface area (Å²) in [5, 5.41) is 2.26. The minimum absolute atomic E-state index is 0.0659. The lowest BCUT2D eigenvalue weighted by molar-refractivity contribution is -0.122. The van der Waals surface area contributed by atoms with Gasteiger partial charge in [-0.05, 0) is 54.6 Å². The van der Waals surface area contributed by atoms with Crippen LogP contribution in [0.15, 0.2) is 47.5 Å². The Hall–Kier alpha value is -3.00. The van der Waals surface area contributed by atoms with Crippen LogP contribution in [-0.2, 0) is 4.79 Å². The molecule has 1 aliphatic heterocycles. The molecule has 8 heteroatoms. The maximum absolute atomic E-state index is 13.0. The molecule has 2 aromatic rings. The second-order valence-electron chi connectivity index (χ2n) is 5.83. The molecule has 3 amide bonds. The molecule has 27 heavy (non-hydrogen) atoms. The zero-order valence-electron chi connectivity index (χ0n) is 14.4. The van der Waals surface area contributed by atoms with Crippen molar-refractivity contribution < 1.29 is 18.8 Å². The Bertz CT molecular complexity index is 911. The van der Waals surface area contributed by atoms with Crippen LogP contribution in [0.4, 0.5) is 9.18 Å². The van der Waals surface area contributed by atoms with Crippen LogP contribution < -0.4 is 5.32 Å². The summed E-state index contributed by atoms with van der Waals surface area (Å²) in [5.41, 5.74) is 1.84. The van der Waals surface area contributed by atoms with E-state index in [0.29, 0.717) is 11.1 Å². The van der Waals surface area contributed by atoms with Crippen molar-refractivity contribution in [3.8, 4) is 0 Å². The van der Waals surface area contributed by atoms with Crippen LogP contribution in [0.3, 0.4) is 0 Å². The molecule has 0 atom stereocenters. The fraction of sp³-hybridized carbons (Fsp3) is 0.158. The third kappa shape index (κ3) is 4.59. The standard InChI is InChI=1S/C19H16FN3O3S/c1-12-2-5-14(11-22-12)17(24)21-8-9-23-18(25)16(27-19(23)26)10-13-3-6-15(20)7-4-13/h2-7,10-11H,8-9H2,1H3,(H,21,24)/b16-10-. The topological polar surface area (TPSA) is 79.4 Å².